The van der Waals surface area contributed by atoms with Gasteiger partial charge in [-0.2, -0.15) is 5.26 Å². The first-order valence-corrected chi connectivity index (χ1v) is 8.92. The van der Waals surface area contributed by atoms with Crippen LogP contribution >= 0.6 is 0 Å². The molecule has 2 aromatic carbocycles. The van der Waals surface area contributed by atoms with Gasteiger partial charge in [0, 0.05) is 6.08 Å². The molecule has 30 heavy (non-hydrogen) atoms. The molecule has 2 rings (SSSR count). The third-order valence-corrected chi connectivity index (χ3v) is 4.07. The van der Waals surface area contributed by atoms with Crippen molar-refractivity contribution in [3.63, 3.8) is 0 Å². The molecular formula is C22H22N2O6. The topological polar surface area (TPSA) is 107 Å². The number of nitrogens with one attached hydrogen (secondary N) is 1. The molecule has 0 aromatic heterocycles. The molecule has 0 bridgehead atoms. The molecule has 0 heterocycles. The van der Waals surface area contributed by atoms with E-state index < -0.39 is 18.0 Å². The Kier molecular flexibility index (Phi) is 7.82. The minimum atomic E-state index is -1.06. The van der Waals surface area contributed by atoms with Crippen molar-refractivity contribution in [3.8, 4) is 23.3 Å². The quantitative estimate of drug-likeness (QED) is 0.526. The van der Waals surface area contributed by atoms with Crippen molar-refractivity contribution in [1.82, 2.24) is 0 Å². The van der Waals surface area contributed by atoms with E-state index >= 15 is 0 Å². The third-order valence-electron chi connectivity index (χ3n) is 4.07. The predicted molar refractivity (Wildman–Crippen MR) is 110 cm³/mol. The molecule has 0 unspecified atom stereocenters. The molecule has 1 atom stereocenters. The Balaban J connectivity index is 2.05. The summed E-state index contributed by atoms with van der Waals surface area (Å²) in [6.45, 7) is 1.44. The lowest BCUT2D eigenvalue weighted by molar-refractivity contribution is -0.148. The normalized spacial score (nSPS) is 11.3. The fraction of sp³-hybridized carbons (Fsp3) is 0.227. The van der Waals surface area contributed by atoms with Crippen molar-refractivity contribution in [2.75, 3.05) is 26.6 Å². The van der Waals surface area contributed by atoms with Crippen molar-refractivity contribution in [3.05, 3.63) is 53.6 Å². The van der Waals surface area contributed by atoms with Gasteiger partial charge < -0.3 is 24.3 Å². The Morgan fingerprint density at radius 3 is 2.27 bits per heavy atom. The first kappa shape index (κ1) is 22.3. The molecule has 2 aromatic rings. The third kappa shape index (κ3) is 5.52. The maximum atomic E-state index is 12.3. The molecule has 0 radical (unpaired) electrons. The molecule has 0 aliphatic carbocycles. The number of rotatable bonds is 8. The van der Waals surface area contributed by atoms with Crippen molar-refractivity contribution in [2.45, 2.75) is 13.0 Å². The van der Waals surface area contributed by atoms with E-state index in [4.69, 9.17) is 24.2 Å². The Hall–Kier alpha value is -3.99. The number of carbonyl (C=O) groups is 2. The van der Waals surface area contributed by atoms with Gasteiger partial charge >= 0.3 is 5.97 Å². The Labute approximate surface area is 174 Å². The molecule has 1 amide bonds. The van der Waals surface area contributed by atoms with Crippen LogP contribution in [0.1, 0.15) is 18.1 Å². The number of nitrogens with zero attached hydrogens (tertiary/aromatic N) is 1. The second-order valence-corrected chi connectivity index (χ2v) is 6.02. The summed E-state index contributed by atoms with van der Waals surface area (Å²) in [5.74, 6) is 0.0532. The fourth-order valence-corrected chi connectivity index (χ4v) is 2.55. The minimum Gasteiger partial charge on any atom is -0.493 e. The van der Waals surface area contributed by atoms with Crippen LogP contribution in [-0.2, 0) is 14.3 Å². The van der Waals surface area contributed by atoms with Gasteiger partial charge in [-0.1, -0.05) is 12.1 Å². The van der Waals surface area contributed by atoms with Crippen LogP contribution in [0.25, 0.3) is 6.08 Å². The summed E-state index contributed by atoms with van der Waals surface area (Å²) in [5, 5.41) is 11.7. The van der Waals surface area contributed by atoms with Gasteiger partial charge in [0.1, 0.15) is 6.07 Å². The Morgan fingerprint density at radius 1 is 1.07 bits per heavy atom. The van der Waals surface area contributed by atoms with Crippen LogP contribution in [0.4, 0.5) is 5.69 Å². The van der Waals surface area contributed by atoms with Crippen LogP contribution in [0.3, 0.4) is 0 Å². The molecular weight excluding hydrogens is 388 g/mol. The Morgan fingerprint density at radius 2 is 1.70 bits per heavy atom. The van der Waals surface area contributed by atoms with Crippen LogP contribution in [0, 0.1) is 11.3 Å². The van der Waals surface area contributed by atoms with E-state index in [0.29, 0.717) is 34.1 Å². The number of carbonyl (C=O) groups excluding carboxylic acids is 2. The molecule has 0 saturated heterocycles. The van der Waals surface area contributed by atoms with Crippen LogP contribution in [-0.4, -0.2) is 39.3 Å². The molecule has 8 heteroatoms. The molecule has 0 spiro atoms. The maximum absolute atomic E-state index is 12.3. The SMILES string of the molecule is COc1cc(/C=C/C(=O)O[C@H](C)C(=O)Nc2ccccc2C#N)cc(OC)c1OC. The van der Waals surface area contributed by atoms with Gasteiger partial charge in [-0.25, -0.2) is 4.79 Å². The predicted octanol–water partition coefficient (Wildman–Crippen LogP) is 3.17. The summed E-state index contributed by atoms with van der Waals surface area (Å²) in [6.07, 6.45) is 1.63. The van der Waals surface area contributed by atoms with E-state index in [1.54, 1.807) is 36.4 Å². The first-order valence-electron chi connectivity index (χ1n) is 8.92. The number of nitriles is 1. The number of amides is 1. The van der Waals surface area contributed by atoms with E-state index in [-0.39, 0.29) is 0 Å². The molecule has 0 aliphatic rings. The zero-order chi connectivity index (χ0) is 22.1. The highest BCUT2D eigenvalue weighted by atomic mass is 16.5. The van der Waals surface area contributed by atoms with E-state index in [1.165, 1.54) is 40.4 Å². The van der Waals surface area contributed by atoms with E-state index in [0.717, 1.165) is 0 Å². The second kappa shape index (κ2) is 10.5. The smallest absolute Gasteiger partial charge is 0.331 e. The largest absolute Gasteiger partial charge is 0.493 e. The summed E-state index contributed by atoms with van der Waals surface area (Å²) >= 11 is 0. The minimum absolute atomic E-state index is 0.312. The first-order chi connectivity index (χ1) is 14.4. The van der Waals surface area contributed by atoms with Crippen LogP contribution < -0.4 is 19.5 Å². The lowest BCUT2D eigenvalue weighted by atomic mass is 10.1. The Bertz CT molecular complexity index is 968. The average molecular weight is 410 g/mol. The van der Waals surface area contributed by atoms with Crippen LogP contribution in [0.2, 0.25) is 0 Å². The molecule has 0 aliphatic heterocycles. The van der Waals surface area contributed by atoms with Crippen LogP contribution in [0.5, 0.6) is 17.2 Å². The highest BCUT2D eigenvalue weighted by molar-refractivity contribution is 5.97. The zero-order valence-corrected chi connectivity index (χ0v) is 17.1. The van der Waals surface area contributed by atoms with Crippen molar-refractivity contribution < 1.29 is 28.5 Å². The van der Waals surface area contributed by atoms with Crippen molar-refractivity contribution >= 4 is 23.6 Å². The summed E-state index contributed by atoms with van der Waals surface area (Å²) in [7, 11) is 4.47. The second-order valence-electron chi connectivity index (χ2n) is 6.02. The zero-order valence-electron chi connectivity index (χ0n) is 17.1. The molecule has 0 fully saturated rings. The maximum Gasteiger partial charge on any atom is 0.331 e. The number of hydrogen-bond donors (Lipinski definition) is 1. The van der Waals surface area contributed by atoms with E-state index in [9.17, 15) is 9.59 Å². The van der Waals surface area contributed by atoms with E-state index in [1.807, 2.05) is 6.07 Å². The molecule has 8 nitrogen and oxygen atoms in total. The van der Waals surface area contributed by atoms with Gasteiger partial charge in [0.15, 0.2) is 17.6 Å². The number of hydrogen-bond acceptors (Lipinski definition) is 7. The number of esters is 1. The standard InChI is InChI=1S/C22H22N2O6/c1-14(22(26)24-17-8-6-5-7-16(17)13-23)30-20(25)10-9-15-11-18(27-2)21(29-4)19(12-15)28-3/h5-12,14H,1-4H3,(H,24,26)/b10-9+/t14-/m1/s1. The number of ether oxygens (including phenoxy) is 4. The van der Waals surface area contributed by atoms with Crippen molar-refractivity contribution in [2.24, 2.45) is 0 Å². The van der Waals surface area contributed by atoms with Crippen LogP contribution in [0.15, 0.2) is 42.5 Å². The highest BCUT2D eigenvalue weighted by Crippen LogP contribution is 2.38. The summed E-state index contributed by atoms with van der Waals surface area (Å²) < 4.78 is 20.9. The van der Waals surface area contributed by atoms with Gasteiger partial charge in [-0.3, -0.25) is 4.79 Å². The van der Waals surface area contributed by atoms with Gasteiger partial charge in [0.2, 0.25) is 5.75 Å². The summed E-state index contributed by atoms with van der Waals surface area (Å²) in [6, 6.07) is 11.9. The lowest BCUT2D eigenvalue weighted by Crippen LogP contribution is -2.29. The van der Waals surface area contributed by atoms with E-state index in [2.05, 4.69) is 5.32 Å². The monoisotopic (exact) mass is 410 g/mol. The fourth-order valence-electron chi connectivity index (χ4n) is 2.55. The molecule has 0 saturated carbocycles. The molecule has 1 N–H and O–H groups in total. The van der Waals surface area contributed by atoms with Gasteiger partial charge in [0.25, 0.3) is 5.91 Å². The lowest BCUT2D eigenvalue weighted by Gasteiger charge is -2.13. The van der Waals surface area contributed by atoms with Gasteiger partial charge in [-0.15, -0.1) is 0 Å². The number of para-hydroxylation sites is 1. The number of benzene rings is 2. The average Bonchev–Trinajstić information content (AvgIpc) is 2.76. The number of anilines is 1. The molecule has 156 valence electrons. The van der Waals surface area contributed by atoms with Gasteiger partial charge in [0.05, 0.1) is 32.6 Å². The summed E-state index contributed by atoms with van der Waals surface area (Å²) in [5.41, 5.74) is 1.27. The highest BCUT2D eigenvalue weighted by Gasteiger charge is 2.18. The van der Waals surface area contributed by atoms with Gasteiger partial charge in [-0.05, 0) is 42.8 Å². The van der Waals surface area contributed by atoms with Crippen molar-refractivity contribution in [1.29, 1.82) is 5.26 Å². The summed E-state index contributed by atoms with van der Waals surface area (Å²) in [4.78, 5) is 24.4. The number of methoxy groups -OCH3 is 3.